The van der Waals surface area contributed by atoms with E-state index in [-0.39, 0.29) is 38.2 Å². The van der Waals surface area contributed by atoms with Crippen molar-refractivity contribution in [1.29, 1.82) is 0 Å². The van der Waals surface area contributed by atoms with E-state index in [9.17, 15) is 32.8 Å². The molecule has 0 fully saturated rings. The molecule has 3 rings (SSSR count). The number of carboxylic acid groups (broad SMARTS) is 1. The lowest BCUT2D eigenvalue weighted by Gasteiger charge is -2.16. The first-order valence-electron chi connectivity index (χ1n) is 10.9. The largest absolute Gasteiger partial charge is 0.508 e. The lowest BCUT2D eigenvalue weighted by atomic mass is 10.0. The van der Waals surface area contributed by atoms with Gasteiger partial charge in [-0.15, -0.1) is 0 Å². The van der Waals surface area contributed by atoms with Crippen LogP contribution < -0.4 is 10.6 Å². The molecule has 198 valence electrons. The Morgan fingerprint density at radius 1 is 1.05 bits per heavy atom. The van der Waals surface area contributed by atoms with Crippen LogP contribution in [0.2, 0.25) is 10.0 Å². The van der Waals surface area contributed by atoms with Gasteiger partial charge in [-0.1, -0.05) is 41.3 Å². The number of benzene rings is 3. The number of carbonyl (C=O) groups excluding carboxylic acids is 1. The molecule has 12 heteroatoms. The van der Waals surface area contributed by atoms with Crippen molar-refractivity contribution in [3.05, 3.63) is 87.4 Å². The number of amides is 1. The van der Waals surface area contributed by atoms with Gasteiger partial charge < -0.3 is 20.1 Å². The third kappa shape index (κ3) is 7.40. The van der Waals surface area contributed by atoms with Crippen molar-refractivity contribution < 1.29 is 32.8 Å². The Hall–Kier alpha value is -3.28. The third-order valence-corrected chi connectivity index (χ3v) is 8.92. The van der Waals surface area contributed by atoms with Crippen molar-refractivity contribution in [2.75, 3.05) is 12.9 Å². The van der Waals surface area contributed by atoms with Gasteiger partial charge in [0.1, 0.15) is 11.8 Å². The molecule has 0 spiro atoms. The maximum atomic E-state index is 13.0. The van der Waals surface area contributed by atoms with Gasteiger partial charge in [0, 0.05) is 30.2 Å². The second-order valence-electron chi connectivity index (χ2n) is 8.48. The van der Waals surface area contributed by atoms with Crippen LogP contribution in [0.4, 0.5) is 0 Å². The molecule has 0 aliphatic heterocycles. The van der Waals surface area contributed by atoms with E-state index in [2.05, 4.69) is 16.9 Å². The minimum absolute atomic E-state index is 0.0234. The van der Waals surface area contributed by atoms with Gasteiger partial charge in [-0.25, -0.2) is 13.2 Å². The second-order valence-corrected chi connectivity index (χ2v) is 13.9. The van der Waals surface area contributed by atoms with E-state index in [4.69, 9.17) is 23.2 Å². The first-order valence-corrected chi connectivity index (χ1v) is 15.7. The maximum absolute atomic E-state index is 13.0. The summed E-state index contributed by atoms with van der Waals surface area (Å²) in [6.07, 6.45) is 0.847. The Balaban J connectivity index is 1.83. The predicted molar refractivity (Wildman–Crippen MR) is 147 cm³/mol. The summed E-state index contributed by atoms with van der Waals surface area (Å²) in [6, 6.07) is 12.9. The monoisotopic (exact) mass is 593 g/mol. The Kier molecular flexibility index (Phi) is 8.96. The van der Waals surface area contributed by atoms with Crippen LogP contribution in [0.1, 0.15) is 21.5 Å². The van der Waals surface area contributed by atoms with Crippen molar-refractivity contribution in [3.8, 4) is 17.3 Å². The molecule has 3 aromatic rings. The zero-order chi connectivity index (χ0) is 28.3. The summed E-state index contributed by atoms with van der Waals surface area (Å²) in [5.74, 6) is 0.572. The highest BCUT2D eigenvalue weighted by Gasteiger charge is 2.25. The number of rotatable bonds is 7. The quantitative estimate of drug-likeness (QED) is 0.276. The molecule has 3 aromatic carbocycles. The lowest BCUT2D eigenvalue weighted by molar-refractivity contribution is -0.139. The van der Waals surface area contributed by atoms with Crippen LogP contribution in [0.5, 0.6) is 5.75 Å². The molecule has 0 saturated carbocycles. The van der Waals surface area contributed by atoms with Crippen LogP contribution in [0.15, 0.2) is 65.6 Å². The van der Waals surface area contributed by atoms with E-state index < -0.39 is 34.9 Å². The average molecular weight is 594 g/mol. The van der Waals surface area contributed by atoms with E-state index in [0.29, 0.717) is 10.9 Å². The van der Waals surface area contributed by atoms with Gasteiger partial charge in [0.05, 0.1) is 20.5 Å². The molecule has 0 aromatic heterocycles. The Morgan fingerprint density at radius 2 is 1.66 bits per heavy atom. The zero-order valence-corrected chi connectivity index (χ0v) is 23.3. The molecular formula is C26H22Cl2NO7PS. The first kappa shape index (κ1) is 29.3. The van der Waals surface area contributed by atoms with E-state index in [1.807, 2.05) is 0 Å². The highest BCUT2D eigenvalue weighted by Crippen LogP contribution is 2.39. The van der Waals surface area contributed by atoms with Crippen molar-refractivity contribution >= 4 is 57.4 Å². The summed E-state index contributed by atoms with van der Waals surface area (Å²) in [5.41, 5.74) is 3.19. The summed E-state index contributed by atoms with van der Waals surface area (Å²) in [4.78, 5) is 24.8. The number of carboxylic acids is 1. The Morgan fingerprint density at radius 3 is 2.21 bits per heavy atom. The van der Waals surface area contributed by atoms with Gasteiger partial charge in [0.2, 0.25) is 0 Å². The van der Waals surface area contributed by atoms with Crippen LogP contribution >= 0.6 is 30.3 Å². The molecule has 0 radical (unpaired) electrons. The number of carbonyl (C=O) groups is 2. The number of halogens is 2. The number of hydrogen-bond donors (Lipinski definition) is 3. The van der Waals surface area contributed by atoms with Crippen molar-refractivity contribution in [2.45, 2.75) is 17.4 Å². The van der Waals surface area contributed by atoms with E-state index in [1.165, 1.54) is 61.3 Å². The molecule has 1 amide bonds. The number of phenolic OH excluding ortho intramolecular Hbond substituents is 1. The van der Waals surface area contributed by atoms with Crippen LogP contribution in [-0.2, 0) is 25.6 Å². The summed E-state index contributed by atoms with van der Waals surface area (Å²) in [6.45, 7) is 1.47. The lowest BCUT2D eigenvalue weighted by Crippen LogP contribution is -2.42. The first-order chi connectivity index (χ1) is 17.7. The van der Waals surface area contributed by atoms with Gasteiger partial charge in [-0.05, 0) is 59.8 Å². The molecule has 8 nitrogen and oxygen atoms in total. The number of phenols is 1. The molecule has 1 unspecified atom stereocenters. The second kappa shape index (κ2) is 11.6. The van der Waals surface area contributed by atoms with Crippen molar-refractivity contribution in [3.63, 3.8) is 0 Å². The number of aliphatic carboxylic acids is 1. The number of nitrogens with one attached hydrogen (secondary N) is 1. The molecule has 0 saturated heterocycles. The predicted octanol–water partition coefficient (Wildman–Crippen LogP) is 4.16. The van der Waals surface area contributed by atoms with Gasteiger partial charge in [-0.3, -0.25) is 4.79 Å². The van der Waals surface area contributed by atoms with Crippen LogP contribution in [0, 0.1) is 11.6 Å². The summed E-state index contributed by atoms with van der Waals surface area (Å²) >= 11 is 12.6. The van der Waals surface area contributed by atoms with Crippen LogP contribution in [0.25, 0.3) is 0 Å². The topological polar surface area (TPSA) is 138 Å². The summed E-state index contributed by atoms with van der Waals surface area (Å²) in [5, 5.41) is 21.7. The fourth-order valence-electron chi connectivity index (χ4n) is 3.40. The normalized spacial score (nSPS) is 13.5. The van der Waals surface area contributed by atoms with Crippen molar-refractivity contribution in [1.82, 2.24) is 5.32 Å². The highest BCUT2D eigenvalue weighted by molar-refractivity contribution is 7.90. The summed E-state index contributed by atoms with van der Waals surface area (Å²) < 4.78 is 36.6. The van der Waals surface area contributed by atoms with Gasteiger partial charge in [0.15, 0.2) is 17.0 Å². The number of sulfone groups is 1. The minimum atomic E-state index is -3.50. The van der Waals surface area contributed by atoms with Gasteiger partial charge in [0.25, 0.3) is 5.91 Å². The fraction of sp³-hybridized carbons (Fsp3) is 0.154. The van der Waals surface area contributed by atoms with Crippen LogP contribution in [-0.4, -0.2) is 49.5 Å². The van der Waals surface area contributed by atoms with E-state index >= 15 is 0 Å². The van der Waals surface area contributed by atoms with E-state index in [0.717, 1.165) is 6.26 Å². The Bertz CT molecular complexity index is 1600. The molecule has 0 heterocycles. The highest BCUT2D eigenvalue weighted by atomic mass is 35.5. The summed E-state index contributed by atoms with van der Waals surface area (Å²) in [7, 11) is -6.61. The van der Waals surface area contributed by atoms with Gasteiger partial charge >= 0.3 is 5.97 Å². The SMILES string of the molecule is CP(=O)(C#Cc1cc(Cl)c(C(=O)N[C@@H](Cc2cccc(S(C)(=O)=O)c2)C(=O)O)c(Cl)c1)c1ccc(O)cc1. The maximum Gasteiger partial charge on any atom is 0.326 e. The van der Waals surface area contributed by atoms with Crippen LogP contribution in [0.3, 0.4) is 0 Å². The zero-order valence-electron chi connectivity index (χ0n) is 20.1. The smallest absolute Gasteiger partial charge is 0.326 e. The fourth-order valence-corrected chi connectivity index (χ4v) is 5.94. The third-order valence-electron chi connectivity index (χ3n) is 5.40. The molecule has 38 heavy (non-hydrogen) atoms. The molecule has 0 bridgehead atoms. The number of aromatic hydroxyl groups is 1. The average Bonchev–Trinajstić information content (AvgIpc) is 2.82. The molecule has 0 aliphatic rings. The van der Waals surface area contributed by atoms with Crippen molar-refractivity contribution in [2.24, 2.45) is 0 Å². The minimum Gasteiger partial charge on any atom is -0.508 e. The molecule has 3 N–H and O–H groups in total. The van der Waals surface area contributed by atoms with E-state index in [1.54, 1.807) is 6.07 Å². The molecular weight excluding hydrogens is 572 g/mol. The molecule has 0 aliphatic carbocycles. The van der Waals surface area contributed by atoms with Gasteiger partial charge in [-0.2, -0.15) is 0 Å². The standard InChI is InChI=1S/C26H22Cl2NO7PS/c1-37(34,19-8-6-18(30)7-9-19)11-10-17-13-21(27)24(22(28)14-17)25(31)29-23(26(32)33)15-16-4-3-5-20(12-16)38(2,35)36/h3-9,12-14,23,30H,15H2,1-2H3,(H,29,31)(H,32,33)/t23-,37?/m0/s1. The molecule has 2 atom stereocenters. The Labute approximate surface area is 229 Å². The number of hydrogen-bond acceptors (Lipinski definition) is 6.